The van der Waals surface area contributed by atoms with E-state index in [0.29, 0.717) is 0 Å². The molecule has 2 aromatic heterocycles. The fraction of sp³-hybridized carbons (Fsp3) is 0.235. The number of ether oxygens (including phenoxy) is 1. The summed E-state index contributed by atoms with van der Waals surface area (Å²) in [6, 6.07) is 12.4. The summed E-state index contributed by atoms with van der Waals surface area (Å²) in [4.78, 5) is 4.40. The second-order valence-electron chi connectivity index (χ2n) is 5.23. The molecule has 0 aliphatic carbocycles. The van der Waals surface area contributed by atoms with Gasteiger partial charge in [-0.2, -0.15) is 0 Å². The molecule has 3 nitrogen and oxygen atoms in total. The molecule has 0 aliphatic heterocycles. The Kier molecular flexibility index (Phi) is 3.18. The number of fused-ring (bicyclic) bond motifs is 1. The van der Waals surface area contributed by atoms with E-state index in [0.717, 1.165) is 17.1 Å². The van der Waals surface area contributed by atoms with Gasteiger partial charge in [0.15, 0.2) is 0 Å². The molecule has 3 rings (SSSR count). The number of hydrogen-bond donors (Lipinski definition) is 0. The Balaban J connectivity index is 1.94. The van der Waals surface area contributed by atoms with Crippen LogP contribution in [-0.4, -0.2) is 15.5 Å². The number of hydrogen-bond acceptors (Lipinski definition) is 2. The Morgan fingerprint density at radius 1 is 1.05 bits per heavy atom. The third kappa shape index (κ3) is 2.39. The van der Waals surface area contributed by atoms with Gasteiger partial charge in [0, 0.05) is 18.1 Å². The van der Waals surface area contributed by atoms with Crippen LogP contribution >= 0.6 is 0 Å². The largest absolute Gasteiger partial charge is 0.491 e. The first-order chi connectivity index (χ1) is 9.63. The van der Waals surface area contributed by atoms with E-state index in [2.05, 4.69) is 46.8 Å². The van der Waals surface area contributed by atoms with Gasteiger partial charge >= 0.3 is 0 Å². The molecular formula is C17H18N2O. The minimum Gasteiger partial charge on any atom is -0.491 e. The molecule has 0 radical (unpaired) electrons. The standard InChI is InChI=1S/C17H18N2O/c1-12(2)20-16-6-4-14(5-7-16)15-8-9-19-13(3)11-18-17(19)10-15/h4-12H,1-3H3. The van der Waals surface area contributed by atoms with Crippen molar-refractivity contribution in [2.45, 2.75) is 26.9 Å². The highest BCUT2D eigenvalue weighted by atomic mass is 16.5. The number of aryl methyl sites for hydroxylation is 1. The average molecular weight is 266 g/mol. The summed E-state index contributed by atoms with van der Waals surface area (Å²) in [5.74, 6) is 0.904. The molecule has 0 saturated carbocycles. The molecule has 0 N–H and O–H groups in total. The summed E-state index contributed by atoms with van der Waals surface area (Å²) in [7, 11) is 0. The van der Waals surface area contributed by atoms with Crippen LogP contribution in [-0.2, 0) is 0 Å². The zero-order chi connectivity index (χ0) is 14.1. The highest BCUT2D eigenvalue weighted by Gasteiger charge is 2.03. The fourth-order valence-electron chi connectivity index (χ4n) is 2.29. The van der Waals surface area contributed by atoms with E-state index in [4.69, 9.17) is 4.74 Å². The Hall–Kier alpha value is -2.29. The fourth-order valence-corrected chi connectivity index (χ4v) is 2.29. The summed E-state index contributed by atoms with van der Waals surface area (Å²) in [5, 5.41) is 0. The SMILES string of the molecule is Cc1cnc2cc(-c3ccc(OC(C)C)cc3)ccn12. The Bertz CT molecular complexity index is 726. The predicted octanol–water partition coefficient (Wildman–Crippen LogP) is 4.10. The minimum atomic E-state index is 0.199. The molecule has 102 valence electrons. The molecule has 0 atom stereocenters. The van der Waals surface area contributed by atoms with Crippen LogP contribution in [0, 0.1) is 6.92 Å². The molecule has 20 heavy (non-hydrogen) atoms. The molecule has 1 aromatic carbocycles. The maximum atomic E-state index is 5.66. The number of pyridine rings is 1. The van der Waals surface area contributed by atoms with Crippen LogP contribution in [0.4, 0.5) is 0 Å². The van der Waals surface area contributed by atoms with Crippen molar-refractivity contribution in [3.8, 4) is 16.9 Å². The number of aromatic nitrogens is 2. The van der Waals surface area contributed by atoms with Crippen molar-refractivity contribution in [2.24, 2.45) is 0 Å². The molecule has 0 unspecified atom stereocenters. The summed E-state index contributed by atoms with van der Waals surface area (Å²) in [6.45, 7) is 6.11. The monoisotopic (exact) mass is 266 g/mol. The van der Waals surface area contributed by atoms with E-state index in [-0.39, 0.29) is 6.10 Å². The second kappa shape index (κ2) is 5.00. The van der Waals surface area contributed by atoms with Gasteiger partial charge in [-0.05, 0) is 56.2 Å². The highest BCUT2D eigenvalue weighted by molar-refractivity contribution is 5.68. The van der Waals surface area contributed by atoms with Crippen molar-refractivity contribution in [3.63, 3.8) is 0 Å². The number of imidazole rings is 1. The summed E-state index contributed by atoms with van der Waals surface area (Å²) >= 11 is 0. The van der Waals surface area contributed by atoms with Crippen molar-refractivity contribution in [1.29, 1.82) is 0 Å². The first-order valence-electron chi connectivity index (χ1n) is 6.84. The summed E-state index contributed by atoms with van der Waals surface area (Å²) in [5.41, 5.74) is 4.46. The molecule has 0 aliphatic rings. The first-order valence-corrected chi connectivity index (χ1v) is 6.84. The minimum absolute atomic E-state index is 0.199. The molecule has 0 bridgehead atoms. The zero-order valence-corrected chi connectivity index (χ0v) is 12.0. The van der Waals surface area contributed by atoms with Crippen molar-refractivity contribution >= 4 is 5.65 Å². The molecule has 3 aromatic rings. The number of nitrogens with zero attached hydrogens (tertiary/aromatic N) is 2. The van der Waals surface area contributed by atoms with E-state index in [1.54, 1.807) is 0 Å². The quantitative estimate of drug-likeness (QED) is 0.713. The van der Waals surface area contributed by atoms with Crippen LogP contribution in [0.5, 0.6) is 5.75 Å². The van der Waals surface area contributed by atoms with E-state index in [1.807, 2.05) is 32.2 Å². The lowest BCUT2D eigenvalue weighted by Crippen LogP contribution is -2.05. The van der Waals surface area contributed by atoms with Crippen molar-refractivity contribution in [1.82, 2.24) is 9.38 Å². The lowest BCUT2D eigenvalue weighted by molar-refractivity contribution is 0.242. The van der Waals surface area contributed by atoms with Gasteiger partial charge in [-0.25, -0.2) is 4.98 Å². The average Bonchev–Trinajstić information content (AvgIpc) is 2.80. The van der Waals surface area contributed by atoms with Gasteiger partial charge < -0.3 is 9.14 Å². The molecule has 0 amide bonds. The van der Waals surface area contributed by atoms with Gasteiger partial charge in [0.05, 0.1) is 6.10 Å². The van der Waals surface area contributed by atoms with Crippen LogP contribution in [0.1, 0.15) is 19.5 Å². The third-order valence-corrected chi connectivity index (χ3v) is 3.26. The maximum Gasteiger partial charge on any atom is 0.137 e. The number of rotatable bonds is 3. The Morgan fingerprint density at radius 2 is 1.80 bits per heavy atom. The topological polar surface area (TPSA) is 26.5 Å². The van der Waals surface area contributed by atoms with Crippen molar-refractivity contribution < 1.29 is 4.74 Å². The van der Waals surface area contributed by atoms with E-state index < -0.39 is 0 Å². The van der Waals surface area contributed by atoms with Crippen LogP contribution in [0.3, 0.4) is 0 Å². The van der Waals surface area contributed by atoms with Gasteiger partial charge in [0.25, 0.3) is 0 Å². The van der Waals surface area contributed by atoms with Crippen molar-refractivity contribution in [3.05, 3.63) is 54.5 Å². The van der Waals surface area contributed by atoms with Gasteiger partial charge in [0.2, 0.25) is 0 Å². The smallest absolute Gasteiger partial charge is 0.137 e. The first kappa shape index (κ1) is 12.7. The van der Waals surface area contributed by atoms with E-state index in [9.17, 15) is 0 Å². The molecule has 2 heterocycles. The summed E-state index contributed by atoms with van der Waals surface area (Å²) in [6.07, 6.45) is 4.15. The molecule has 3 heteroatoms. The van der Waals surface area contributed by atoms with Crippen LogP contribution < -0.4 is 4.74 Å². The maximum absolute atomic E-state index is 5.66. The van der Waals surface area contributed by atoms with Gasteiger partial charge in [-0.3, -0.25) is 0 Å². The lowest BCUT2D eigenvalue weighted by atomic mass is 10.1. The lowest BCUT2D eigenvalue weighted by Gasteiger charge is -2.10. The van der Waals surface area contributed by atoms with Gasteiger partial charge in [-0.15, -0.1) is 0 Å². The number of benzene rings is 1. The Labute approximate surface area is 118 Å². The molecular weight excluding hydrogens is 248 g/mol. The van der Waals surface area contributed by atoms with Gasteiger partial charge in [0.1, 0.15) is 11.4 Å². The van der Waals surface area contributed by atoms with Crippen LogP contribution in [0.2, 0.25) is 0 Å². The molecule has 0 saturated heterocycles. The summed E-state index contributed by atoms with van der Waals surface area (Å²) < 4.78 is 7.75. The second-order valence-corrected chi connectivity index (χ2v) is 5.23. The molecule has 0 spiro atoms. The van der Waals surface area contributed by atoms with E-state index in [1.165, 1.54) is 11.1 Å². The normalized spacial score (nSPS) is 11.2. The highest BCUT2D eigenvalue weighted by Crippen LogP contribution is 2.24. The Morgan fingerprint density at radius 3 is 2.50 bits per heavy atom. The van der Waals surface area contributed by atoms with Gasteiger partial charge in [-0.1, -0.05) is 12.1 Å². The van der Waals surface area contributed by atoms with E-state index >= 15 is 0 Å². The third-order valence-electron chi connectivity index (χ3n) is 3.26. The zero-order valence-electron chi connectivity index (χ0n) is 12.0. The van der Waals surface area contributed by atoms with Crippen molar-refractivity contribution in [2.75, 3.05) is 0 Å². The predicted molar refractivity (Wildman–Crippen MR) is 81.1 cm³/mol. The molecule has 0 fully saturated rings. The van der Waals surface area contributed by atoms with Crippen LogP contribution in [0.25, 0.3) is 16.8 Å². The van der Waals surface area contributed by atoms with Crippen LogP contribution in [0.15, 0.2) is 48.8 Å².